The third-order valence-corrected chi connectivity index (χ3v) is 4.07. The molecule has 21 heavy (non-hydrogen) atoms. The normalized spacial score (nSPS) is 16.3. The van der Waals surface area contributed by atoms with Crippen LogP contribution in [-0.2, 0) is 4.74 Å². The first kappa shape index (κ1) is 16.0. The number of ether oxygens (including phenoxy) is 1. The maximum atomic E-state index is 5.47. The van der Waals surface area contributed by atoms with E-state index in [1.54, 1.807) is 0 Å². The minimum absolute atomic E-state index is 0.324. The molecule has 0 spiro atoms. The number of anilines is 2. The first-order valence-electron chi connectivity index (χ1n) is 7.97. The van der Waals surface area contributed by atoms with E-state index in [0.29, 0.717) is 12.0 Å². The second kappa shape index (κ2) is 7.07. The molecule has 5 nitrogen and oxygen atoms in total. The zero-order chi connectivity index (χ0) is 15.4. The van der Waals surface area contributed by atoms with Crippen molar-refractivity contribution in [2.75, 3.05) is 37.0 Å². The molecule has 0 radical (unpaired) electrons. The maximum Gasteiger partial charge on any atom is 0.137 e. The Hall–Kier alpha value is -1.36. The highest BCUT2D eigenvalue weighted by atomic mass is 16.5. The third kappa shape index (κ3) is 3.64. The van der Waals surface area contributed by atoms with Crippen molar-refractivity contribution < 1.29 is 4.74 Å². The summed E-state index contributed by atoms with van der Waals surface area (Å²) in [4.78, 5) is 11.8. The SMILES string of the molecule is CCNc1nc(C(C)C)nc(N(C)C2CCOCC2)c1C. The van der Waals surface area contributed by atoms with Crippen molar-refractivity contribution in [1.82, 2.24) is 9.97 Å². The van der Waals surface area contributed by atoms with Gasteiger partial charge in [0.05, 0.1) is 0 Å². The molecule has 0 bridgehead atoms. The van der Waals surface area contributed by atoms with Gasteiger partial charge in [0.15, 0.2) is 0 Å². The van der Waals surface area contributed by atoms with Crippen molar-refractivity contribution in [3.8, 4) is 0 Å². The highest BCUT2D eigenvalue weighted by Crippen LogP contribution is 2.28. The summed E-state index contributed by atoms with van der Waals surface area (Å²) < 4.78 is 5.47. The summed E-state index contributed by atoms with van der Waals surface area (Å²) >= 11 is 0. The van der Waals surface area contributed by atoms with E-state index in [4.69, 9.17) is 9.72 Å². The lowest BCUT2D eigenvalue weighted by atomic mass is 10.1. The molecule has 2 heterocycles. The van der Waals surface area contributed by atoms with Crippen molar-refractivity contribution in [3.63, 3.8) is 0 Å². The Labute approximate surface area is 128 Å². The van der Waals surface area contributed by atoms with Crippen LogP contribution in [0.3, 0.4) is 0 Å². The zero-order valence-corrected chi connectivity index (χ0v) is 13.9. The summed E-state index contributed by atoms with van der Waals surface area (Å²) in [5.74, 6) is 3.25. The van der Waals surface area contributed by atoms with Gasteiger partial charge in [0, 0.05) is 44.3 Å². The zero-order valence-electron chi connectivity index (χ0n) is 13.9. The lowest BCUT2D eigenvalue weighted by Gasteiger charge is -2.33. The molecule has 1 aliphatic rings. The fourth-order valence-electron chi connectivity index (χ4n) is 2.71. The number of hydrogen-bond acceptors (Lipinski definition) is 5. The van der Waals surface area contributed by atoms with Crippen LogP contribution >= 0.6 is 0 Å². The maximum absolute atomic E-state index is 5.47. The van der Waals surface area contributed by atoms with Gasteiger partial charge in [-0.1, -0.05) is 13.8 Å². The van der Waals surface area contributed by atoms with Crippen LogP contribution in [0.25, 0.3) is 0 Å². The lowest BCUT2D eigenvalue weighted by Crippen LogP contribution is -2.38. The van der Waals surface area contributed by atoms with E-state index < -0.39 is 0 Å². The van der Waals surface area contributed by atoms with Crippen LogP contribution < -0.4 is 10.2 Å². The van der Waals surface area contributed by atoms with Crippen molar-refractivity contribution >= 4 is 11.6 Å². The fraction of sp³-hybridized carbons (Fsp3) is 0.750. The second-order valence-corrected chi connectivity index (χ2v) is 6.02. The van der Waals surface area contributed by atoms with Crippen LogP contribution in [0.5, 0.6) is 0 Å². The molecule has 1 aliphatic heterocycles. The lowest BCUT2D eigenvalue weighted by molar-refractivity contribution is 0.0853. The number of nitrogens with zero attached hydrogens (tertiary/aromatic N) is 3. The molecular formula is C16H28N4O. The summed E-state index contributed by atoms with van der Waals surface area (Å²) in [6, 6.07) is 0.502. The van der Waals surface area contributed by atoms with E-state index in [-0.39, 0.29) is 0 Å². The van der Waals surface area contributed by atoms with Crippen molar-refractivity contribution in [1.29, 1.82) is 0 Å². The Morgan fingerprint density at radius 1 is 1.29 bits per heavy atom. The monoisotopic (exact) mass is 292 g/mol. The van der Waals surface area contributed by atoms with Crippen LogP contribution in [0.1, 0.15) is 50.9 Å². The molecule has 118 valence electrons. The first-order chi connectivity index (χ1) is 10.0. The molecule has 0 aliphatic carbocycles. The number of rotatable bonds is 5. The van der Waals surface area contributed by atoms with Gasteiger partial charge in [0.25, 0.3) is 0 Å². The summed E-state index contributed by atoms with van der Waals surface area (Å²) in [6.07, 6.45) is 2.13. The van der Waals surface area contributed by atoms with Gasteiger partial charge < -0.3 is 15.0 Å². The van der Waals surface area contributed by atoms with Gasteiger partial charge in [-0.15, -0.1) is 0 Å². The largest absolute Gasteiger partial charge is 0.381 e. The topological polar surface area (TPSA) is 50.3 Å². The number of nitrogens with one attached hydrogen (secondary N) is 1. The smallest absolute Gasteiger partial charge is 0.137 e. The molecule has 0 unspecified atom stereocenters. The predicted octanol–water partition coefficient (Wildman–Crippen LogP) is 2.96. The van der Waals surface area contributed by atoms with Gasteiger partial charge in [0.1, 0.15) is 17.5 Å². The molecule has 0 saturated carbocycles. The predicted molar refractivity (Wildman–Crippen MR) is 87.3 cm³/mol. The second-order valence-electron chi connectivity index (χ2n) is 6.02. The first-order valence-corrected chi connectivity index (χ1v) is 7.97. The van der Waals surface area contributed by atoms with E-state index >= 15 is 0 Å². The summed E-state index contributed by atoms with van der Waals surface area (Å²) in [5, 5.41) is 3.37. The van der Waals surface area contributed by atoms with Crippen LogP contribution in [0.15, 0.2) is 0 Å². The van der Waals surface area contributed by atoms with E-state index in [1.807, 2.05) is 0 Å². The number of hydrogen-bond donors (Lipinski definition) is 1. The van der Waals surface area contributed by atoms with Gasteiger partial charge in [-0.3, -0.25) is 0 Å². The molecular weight excluding hydrogens is 264 g/mol. The van der Waals surface area contributed by atoms with Crippen molar-refractivity contribution in [3.05, 3.63) is 11.4 Å². The quantitative estimate of drug-likeness (QED) is 0.904. The minimum atomic E-state index is 0.324. The molecule has 1 N–H and O–H groups in total. The van der Waals surface area contributed by atoms with Gasteiger partial charge in [-0.25, -0.2) is 9.97 Å². The van der Waals surface area contributed by atoms with Crippen molar-refractivity contribution in [2.24, 2.45) is 0 Å². The van der Waals surface area contributed by atoms with Gasteiger partial charge in [0.2, 0.25) is 0 Å². The Bertz CT molecular complexity index is 470. The Kier molecular flexibility index (Phi) is 5.39. The fourth-order valence-corrected chi connectivity index (χ4v) is 2.71. The van der Waals surface area contributed by atoms with Gasteiger partial charge in [-0.2, -0.15) is 0 Å². The highest BCUT2D eigenvalue weighted by Gasteiger charge is 2.23. The van der Waals surface area contributed by atoms with E-state index in [2.05, 4.69) is 49.9 Å². The summed E-state index contributed by atoms with van der Waals surface area (Å²) in [5.41, 5.74) is 1.13. The van der Waals surface area contributed by atoms with Crippen LogP contribution in [0, 0.1) is 6.92 Å². The number of aromatic nitrogens is 2. The standard InChI is InChI=1S/C16H28N4O/c1-6-17-15-12(4)16(19-14(18-15)11(2)3)20(5)13-7-9-21-10-8-13/h11,13H,6-10H2,1-5H3,(H,17,18,19). The van der Waals surface area contributed by atoms with Gasteiger partial charge in [-0.05, 0) is 26.7 Å². The highest BCUT2D eigenvalue weighted by molar-refractivity contribution is 5.59. The molecule has 5 heteroatoms. The minimum Gasteiger partial charge on any atom is -0.381 e. The molecule has 1 saturated heterocycles. The third-order valence-electron chi connectivity index (χ3n) is 4.07. The van der Waals surface area contributed by atoms with Gasteiger partial charge >= 0.3 is 0 Å². The van der Waals surface area contributed by atoms with Crippen LogP contribution in [-0.4, -0.2) is 42.8 Å². The summed E-state index contributed by atoms with van der Waals surface area (Å²) in [7, 11) is 2.14. The average Bonchev–Trinajstić information content (AvgIpc) is 2.49. The molecule has 1 fully saturated rings. The average molecular weight is 292 g/mol. The molecule has 1 aromatic rings. The Morgan fingerprint density at radius 3 is 2.52 bits per heavy atom. The van der Waals surface area contributed by atoms with E-state index in [1.165, 1.54) is 0 Å². The molecule has 2 rings (SSSR count). The summed E-state index contributed by atoms with van der Waals surface area (Å²) in [6.45, 7) is 11.0. The Morgan fingerprint density at radius 2 is 1.95 bits per heavy atom. The molecule has 0 atom stereocenters. The molecule has 1 aromatic heterocycles. The van der Waals surface area contributed by atoms with Crippen molar-refractivity contribution in [2.45, 2.75) is 52.5 Å². The van der Waals surface area contributed by atoms with Crippen LogP contribution in [0.4, 0.5) is 11.6 Å². The Balaban J connectivity index is 2.35. The molecule has 0 aromatic carbocycles. The van der Waals surface area contributed by atoms with E-state index in [0.717, 1.165) is 55.6 Å². The van der Waals surface area contributed by atoms with Crippen LogP contribution in [0.2, 0.25) is 0 Å². The van der Waals surface area contributed by atoms with E-state index in [9.17, 15) is 0 Å². The molecule has 0 amide bonds.